The molecule has 1 rings (SSSR count). The molecule has 0 fully saturated rings. The average molecular weight is 364 g/mol. The highest BCUT2D eigenvalue weighted by Gasteiger charge is 2.20. The lowest BCUT2D eigenvalue weighted by molar-refractivity contribution is 0.579. The number of rotatable bonds is 5. The zero-order valence-corrected chi connectivity index (χ0v) is 12.8. The molecule has 0 aliphatic carbocycles. The maximum absolute atomic E-state index is 11.9. The van der Waals surface area contributed by atoms with Crippen LogP contribution < -0.4 is 10.5 Å². The highest BCUT2D eigenvalue weighted by atomic mass is 79.9. The second-order valence-corrected chi connectivity index (χ2v) is 6.06. The first-order valence-corrected chi connectivity index (χ1v) is 7.28. The van der Waals surface area contributed by atoms with Gasteiger partial charge in [-0.05, 0) is 41.0 Å². The number of sulfonamides is 1. The monoisotopic (exact) mass is 362 g/mol. The quantitative estimate of drug-likeness (QED) is 0.787. The number of nitrogens with one attached hydrogen (secondary N) is 1. The topological polar surface area (TPSA) is 72.2 Å². The maximum atomic E-state index is 11.9. The largest absolute Gasteiger partial charge is 0.330 e. The van der Waals surface area contributed by atoms with Gasteiger partial charge in [0.25, 0.3) is 0 Å². The van der Waals surface area contributed by atoms with E-state index in [1.807, 2.05) is 0 Å². The first-order chi connectivity index (χ1) is 7.49. The molecular formula is C9H13BrCl2N2O2S. The number of nitrogens with two attached hydrogens (primary N) is 1. The van der Waals surface area contributed by atoms with E-state index in [1.165, 1.54) is 6.07 Å². The Kier molecular flexibility index (Phi) is 7.62. The van der Waals surface area contributed by atoms with Crippen LogP contribution in [0.1, 0.15) is 6.42 Å². The first kappa shape index (κ1) is 17.2. The summed E-state index contributed by atoms with van der Waals surface area (Å²) in [6, 6.07) is 4.83. The highest BCUT2D eigenvalue weighted by molar-refractivity contribution is 9.10. The van der Waals surface area contributed by atoms with E-state index in [1.54, 1.807) is 12.1 Å². The summed E-state index contributed by atoms with van der Waals surface area (Å²) < 4.78 is 26.6. The molecule has 0 aromatic heterocycles. The fraction of sp³-hybridized carbons (Fsp3) is 0.333. The van der Waals surface area contributed by atoms with Gasteiger partial charge in [-0.25, -0.2) is 13.1 Å². The van der Waals surface area contributed by atoms with E-state index in [2.05, 4.69) is 20.7 Å². The Balaban J connectivity index is 0.00000256. The van der Waals surface area contributed by atoms with Crippen LogP contribution in [0.25, 0.3) is 0 Å². The SMILES string of the molecule is Cl.NCCCNS(=O)(=O)c1c(Cl)cccc1Br. The number of hydrogen-bond donors (Lipinski definition) is 2. The lowest BCUT2D eigenvalue weighted by Crippen LogP contribution is -2.26. The van der Waals surface area contributed by atoms with Crippen LogP contribution in [0, 0.1) is 0 Å². The Labute approximate surface area is 121 Å². The summed E-state index contributed by atoms with van der Waals surface area (Å²) in [5.74, 6) is 0. The van der Waals surface area contributed by atoms with Gasteiger partial charge >= 0.3 is 0 Å². The predicted molar refractivity (Wildman–Crippen MR) is 75.3 cm³/mol. The van der Waals surface area contributed by atoms with Crippen molar-refractivity contribution < 1.29 is 8.42 Å². The Hall–Kier alpha value is 0.150. The molecule has 0 radical (unpaired) electrons. The van der Waals surface area contributed by atoms with Crippen molar-refractivity contribution in [2.75, 3.05) is 13.1 Å². The van der Waals surface area contributed by atoms with Gasteiger partial charge in [0.05, 0.1) is 5.02 Å². The Morgan fingerprint density at radius 2 is 2.06 bits per heavy atom. The van der Waals surface area contributed by atoms with E-state index in [9.17, 15) is 8.42 Å². The molecule has 0 aliphatic heterocycles. The molecule has 0 spiro atoms. The smallest absolute Gasteiger partial charge is 0.243 e. The fourth-order valence-corrected chi connectivity index (χ4v) is 3.93. The first-order valence-electron chi connectivity index (χ1n) is 4.63. The minimum absolute atomic E-state index is 0. The average Bonchev–Trinajstić information content (AvgIpc) is 2.17. The Bertz CT molecular complexity index is 448. The molecular weight excluding hydrogens is 351 g/mol. The van der Waals surface area contributed by atoms with Crippen molar-refractivity contribution in [1.82, 2.24) is 4.72 Å². The van der Waals surface area contributed by atoms with Gasteiger partial charge in [-0.2, -0.15) is 0 Å². The van der Waals surface area contributed by atoms with Gasteiger partial charge < -0.3 is 5.73 Å². The summed E-state index contributed by atoms with van der Waals surface area (Å²) in [7, 11) is -3.58. The lowest BCUT2D eigenvalue weighted by Gasteiger charge is -2.09. The zero-order valence-electron chi connectivity index (χ0n) is 8.82. The van der Waals surface area contributed by atoms with Crippen molar-refractivity contribution in [3.63, 3.8) is 0 Å². The number of hydrogen-bond acceptors (Lipinski definition) is 3. The van der Waals surface area contributed by atoms with Crippen LogP contribution in [0.2, 0.25) is 5.02 Å². The molecule has 1 aromatic carbocycles. The molecule has 0 aliphatic rings. The van der Waals surface area contributed by atoms with Crippen molar-refractivity contribution in [2.45, 2.75) is 11.3 Å². The highest BCUT2D eigenvalue weighted by Crippen LogP contribution is 2.28. The van der Waals surface area contributed by atoms with E-state index < -0.39 is 10.0 Å². The van der Waals surface area contributed by atoms with Gasteiger partial charge in [0.1, 0.15) is 4.90 Å². The van der Waals surface area contributed by atoms with E-state index in [4.69, 9.17) is 17.3 Å². The zero-order chi connectivity index (χ0) is 12.2. The van der Waals surface area contributed by atoms with E-state index in [0.29, 0.717) is 24.0 Å². The molecule has 0 heterocycles. The van der Waals surface area contributed by atoms with Gasteiger partial charge in [0, 0.05) is 11.0 Å². The summed E-state index contributed by atoms with van der Waals surface area (Å²) in [6.45, 7) is 0.739. The summed E-state index contributed by atoms with van der Waals surface area (Å²) >= 11 is 9.02. The predicted octanol–water partition coefficient (Wildman–Crippen LogP) is 2.15. The van der Waals surface area contributed by atoms with Crippen molar-refractivity contribution in [2.24, 2.45) is 5.73 Å². The van der Waals surface area contributed by atoms with E-state index in [-0.39, 0.29) is 22.3 Å². The van der Waals surface area contributed by atoms with E-state index >= 15 is 0 Å². The molecule has 3 N–H and O–H groups in total. The summed E-state index contributed by atoms with van der Waals surface area (Å²) in [5, 5.41) is 0.189. The summed E-state index contributed by atoms with van der Waals surface area (Å²) in [5.41, 5.74) is 5.29. The van der Waals surface area contributed by atoms with Gasteiger partial charge in [-0.1, -0.05) is 17.7 Å². The van der Waals surface area contributed by atoms with Crippen LogP contribution in [0.3, 0.4) is 0 Å². The fourth-order valence-electron chi connectivity index (χ4n) is 1.12. The second-order valence-electron chi connectivity index (χ2n) is 3.09. The third-order valence-corrected chi connectivity index (χ3v) is 4.77. The van der Waals surface area contributed by atoms with Crippen LogP contribution in [0.5, 0.6) is 0 Å². The molecule has 0 atom stereocenters. The molecule has 8 heteroatoms. The molecule has 98 valence electrons. The van der Waals surface area contributed by atoms with Gasteiger partial charge in [-0.3, -0.25) is 0 Å². The third-order valence-electron chi connectivity index (χ3n) is 1.86. The van der Waals surface area contributed by atoms with Gasteiger partial charge in [0.15, 0.2) is 0 Å². The van der Waals surface area contributed by atoms with Crippen LogP contribution in [-0.4, -0.2) is 21.5 Å². The number of benzene rings is 1. The maximum Gasteiger partial charge on any atom is 0.243 e. The van der Waals surface area contributed by atoms with Crippen molar-refractivity contribution >= 4 is 50.0 Å². The van der Waals surface area contributed by atoms with Crippen LogP contribution in [-0.2, 0) is 10.0 Å². The molecule has 0 bridgehead atoms. The lowest BCUT2D eigenvalue weighted by atomic mass is 10.4. The minimum Gasteiger partial charge on any atom is -0.330 e. The van der Waals surface area contributed by atoms with E-state index in [0.717, 1.165) is 0 Å². The Morgan fingerprint density at radius 3 is 2.59 bits per heavy atom. The van der Waals surface area contributed by atoms with Gasteiger partial charge in [0.2, 0.25) is 10.0 Å². The molecule has 1 aromatic rings. The van der Waals surface area contributed by atoms with Gasteiger partial charge in [-0.15, -0.1) is 12.4 Å². The number of halogens is 3. The minimum atomic E-state index is -3.58. The van der Waals surface area contributed by atoms with Crippen LogP contribution >= 0.6 is 39.9 Å². The summed E-state index contributed by atoms with van der Waals surface area (Å²) in [4.78, 5) is 0.0636. The molecule has 0 saturated heterocycles. The van der Waals surface area contributed by atoms with Crippen LogP contribution in [0.15, 0.2) is 27.6 Å². The van der Waals surface area contributed by atoms with Crippen LogP contribution in [0.4, 0.5) is 0 Å². The standard InChI is InChI=1S/C9H12BrClN2O2S.ClH/c10-7-3-1-4-8(11)9(7)16(14,15)13-6-2-5-12;/h1,3-4,13H,2,5-6,12H2;1H. The molecule has 17 heavy (non-hydrogen) atoms. The molecule has 4 nitrogen and oxygen atoms in total. The van der Waals surface area contributed by atoms with Crippen molar-refractivity contribution in [3.05, 3.63) is 27.7 Å². The molecule has 0 amide bonds. The summed E-state index contributed by atoms with van der Waals surface area (Å²) in [6.07, 6.45) is 0.585. The second kappa shape index (κ2) is 7.56. The van der Waals surface area contributed by atoms with Crippen molar-refractivity contribution in [1.29, 1.82) is 0 Å². The third kappa shape index (κ3) is 4.73. The normalized spacial score (nSPS) is 11.0. The van der Waals surface area contributed by atoms with Crippen molar-refractivity contribution in [3.8, 4) is 0 Å². The Morgan fingerprint density at radius 1 is 1.41 bits per heavy atom. The molecule has 0 unspecified atom stereocenters. The molecule has 0 saturated carbocycles.